The van der Waals surface area contributed by atoms with Crippen LogP contribution in [0.15, 0.2) is 0 Å². The van der Waals surface area contributed by atoms with Gasteiger partial charge in [0.05, 0.1) is 13.2 Å². The summed E-state index contributed by atoms with van der Waals surface area (Å²) in [6.07, 6.45) is 8.69. The van der Waals surface area contributed by atoms with Gasteiger partial charge in [0, 0.05) is 6.04 Å². The van der Waals surface area contributed by atoms with E-state index in [1.165, 1.54) is 32.1 Å². The van der Waals surface area contributed by atoms with Crippen molar-refractivity contribution in [3.63, 3.8) is 0 Å². The van der Waals surface area contributed by atoms with E-state index in [9.17, 15) is 4.79 Å². The molecular weight excluding hydrogens is 214 g/mol. The maximum Gasteiger partial charge on any atom is 0.320 e. The van der Waals surface area contributed by atoms with Crippen LogP contribution in [0, 0.1) is 5.92 Å². The first-order valence-corrected chi connectivity index (χ1v) is 7.21. The normalized spacial score (nSPS) is 29.0. The summed E-state index contributed by atoms with van der Waals surface area (Å²) in [6.45, 7) is 4.31. The van der Waals surface area contributed by atoms with E-state index in [0.29, 0.717) is 19.2 Å². The highest BCUT2D eigenvalue weighted by Crippen LogP contribution is 2.36. The number of hydrogen-bond acceptors (Lipinski definition) is 3. The first-order valence-electron chi connectivity index (χ1n) is 7.21. The molecule has 2 aliphatic rings. The predicted molar refractivity (Wildman–Crippen MR) is 67.8 cm³/mol. The second kappa shape index (κ2) is 6.39. The summed E-state index contributed by atoms with van der Waals surface area (Å²) in [7, 11) is 0. The lowest BCUT2D eigenvalue weighted by atomic mass is 9.92. The molecule has 0 N–H and O–H groups in total. The van der Waals surface area contributed by atoms with Gasteiger partial charge >= 0.3 is 5.97 Å². The number of fused-ring (bicyclic) bond motifs is 1. The number of piperidine rings is 1. The molecule has 17 heavy (non-hydrogen) atoms. The molecule has 1 saturated heterocycles. The molecule has 0 amide bonds. The van der Waals surface area contributed by atoms with Crippen LogP contribution in [-0.4, -0.2) is 36.6 Å². The fourth-order valence-electron chi connectivity index (χ4n) is 3.30. The van der Waals surface area contributed by atoms with E-state index in [-0.39, 0.29) is 5.97 Å². The molecule has 1 aliphatic heterocycles. The predicted octanol–water partition coefficient (Wildman–Crippen LogP) is 2.59. The van der Waals surface area contributed by atoms with Gasteiger partial charge in [0.2, 0.25) is 0 Å². The average Bonchev–Trinajstić information content (AvgIpc) is 2.78. The van der Waals surface area contributed by atoms with Crippen molar-refractivity contribution in [1.82, 2.24) is 4.90 Å². The van der Waals surface area contributed by atoms with Gasteiger partial charge in [-0.15, -0.1) is 0 Å². The third-order valence-electron chi connectivity index (χ3n) is 4.20. The molecule has 2 atom stereocenters. The van der Waals surface area contributed by atoms with E-state index >= 15 is 0 Å². The molecule has 0 radical (unpaired) electrons. The van der Waals surface area contributed by atoms with Gasteiger partial charge in [-0.1, -0.05) is 19.8 Å². The van der Waals surface area contributed by atoms with Crippen LogP contribution in [0.2, 0.25) is 0 Å². The fraction of sp³-hybridized carbons (Fsp3) is 0.929. The molecule has 98 valence electrons. The summed E-state index contributed by atoms with van der Waals surface area (Å²) >= 11 is 0. The lowest BCUT2D eigenvalue weighted by Gasteiger charge is -2.36. The lowest BCUT2D eigenvalue weighted by molar-refractivity contribution is -0.146. The molecule has 0 aromatic heterocycles. The van der Waals surface area contributed by atoms with Crippen molar-refractivity contribution >= 4 is 5.97 Å². The largest absolute Gasteiger partial charge is 0.465 e. The number of carbonyl (C=O) groups is 1. The van der Waals surface area contributed by atoms with Gasteiger partial charge in [-0.25, -0.2) is 0 Å². The molecule has 0 spiro atoms. The van der Waals surface area contributed by atoms with Crippen molar-refractivity contribution in [3.05, 3.63) is 0 Å². The van der Waals surface area contributed by atoms with Crippen LogP contribution in [0.25, 0.3) is 0 Å². The Hall–Kier alpha value is -0.570. The summed E-state index contributed by atoms with van der Waals surface area (Å²) in [6, 6.07) is 0.669. The van der Waals surface area contributed by atoms with Crippen molar-refractivity contribution in [2.45, 2.75) is 57.9 Å². The Morgan fingerprint density at radius 1 is 1.29 bits per heavy atom. The van der Waals surface area contributed by atoms with Crippen LogP contribution < -0.4 is 0 Å². The van der Waals surface area contributed by atoms with E-state index in [4.69, 9.17) is 4.74 Å². The number of nitrogens with zero attached hydrogens (tertiary/aromatic N) is 1. The molecule has 2 unspecified atom stereocenters. The maximum atomic E-state index is 11.7. The van der Waals surface area contributed by atoms with Gasteiger partial charge in [-0.2, -0.15) is 0 Å². The van der Waals surface area contributed by atoms with E-state index < -0.39 is 0 Å². The second-order valence-corrected chi connectivity index (χ2v) is 5.45. The molecule has 1 aliphatic carbocycles. The maximum absolute atomic E-state index is 11.7. The van der Waals surface area contributed by atoms with Gasteiger partial charge in [0.1, 0.15) is 0 Å². The number of ether oxygens (including phenoxy) is 1. The number of esters is 1. The Labute approximate surface area is 105 Å². The second-order valence-electron chi connectivity index (χ2n) is 5.45. The Balaban J connectivity index is 1.75. The lowest BCUT2D eigenvalue weighted by Crippen LogP contribution is -2.45. The van der Waals surface area contributed by atoms with Crippen LogP contribution in [-0.2, 0) is 9.53 Å². The summed E-state index contributed by atoms with van der Waals surface area (Å²) < 4.78 is 5.25. The van der Waals surface area contributed by atoms with Crippen LogP contribution in [0.4, 0.5) is 0 Å². The highest BCUT2D eigenvalue weighted by molar-refractivity contribution is 5.71. The molecular formula is C14H25NO2. The molecule has 0 aromatic carbocycles. The smallest absolute Gasteiger partial charge is 0.320 e. The number of carbonyl (C=O) groups excluding carboxylic acids is 1. The van der Waals surface area contributed by atoms with E-state index in [0.717, 1.165) is 25.3 Å². The van der Waals surface area contributed by atoms with Gasteiger partial charge in [-0.05, 0) is 44.6 Å². The first kappa shape index (κ1) is 12.9. The molecule has 2 rings (SSSR count). The number of unbranched alkanes of at least 4 members (excludes halogenated alkanes) is 1. The third-order valence-corrected chi connectivity index (χ3v) is 4.20. The Morgan fingerprint density at radius 2 is 2.12 bits per heavy atom. The van der Waals surface area contributed by atoms with Gasteiger partial charge < -0.3 is 4.74 Å². The van der Waals surface area contributed by atoms with Crippen LogP contribution in [0.1, 0.15) is 51.9 Å². The Bertz CT molecular complexity index is 255. The monoisotopic (exact) mass is 239 g/mol. The van der Waals surface area contributed by atoms with Crippen molar-refractivity contribution in [3.8, 4) is 0 Å². The fourth-order valence-corrected chi connectivity index (χ4v) is 3.30. The summed E-state index contributed by atoms with van der Waals surface area (Å²) in [5, 5.41) is 0. The SMILES string of the molecule is CCCCOC(=O)CN1CCCC2CCCC21. The quantitative estimate of drug-likeness (QED) is 0.545. The van der Waals surface area contributed by atoms with Gasteiger partial charge in [0.25, 0.3) is 0 Å². The minimum absolute atomic E-state index is 0.0222. The van der Waals surface area contributed by atoms with Crippen molar-refractivity contribution in [1.29, 1.82) is 0 Å². The standard InChI is InChI=1S/C14H25NO2/c1-2-3-10-17-14(16)11-15-9-5-7-12-6-4-8-13(12)15/h12-13H,2-11H2,1H3. The van der Waals surface area contributed by atoms with Crippen molar-refractivity contribution in [2.75, 3.05) is 19.7 Å². The van der Waals surface area contributed by atoms with E-state index in [1.54, 1.807) is 0 Å². The highest BCUT2D eigenvalue weighted by Gasteiger charge is 2.35. The summed E-state index contributed by atoms with van der Waals surface area (Å²) in [5.74, 6) is 0.832. The third kappa shape index (κ3) is 3.44. The molecule has 1 saturated carbocycles. The number of likely N-dealkylation sites (tertiary alicyclic amines) is 1. The number of rotatable bonds is 5. The molecule has 0 aromatic rings. The zero-order valence-electron chi connectivity index (χ0n) is 11.0. The highest BCUT2D eigenvalue weighted by atomic mass is 16.5. The minimum Gasteiger partial charge on any atom is -0.465 e. The molecule has 1 heterocycles. The molecule has 0 bridgehead atoms. The Kier molecular flexibility index (Phi) is 4.84. The van der Waals surface area contributed by atoms with Crippen LogP contribution in [0.5, 0.6) is 0 Å². The van der Waals surface area contributed by atoms with Crippen molar-refractivity contribution in [2.24, 2.45) is 5.92 Å². The van der Waals surface area contributed by atoms with Crippen molar-refractivity contribution < 1.29 is 9.53 Å². The summed E-state index contributed by atoms with van der Waals surface area (Å²) in [4.78, 5) is 14.1. The number of hydrogen-bond donors (Lipinski definition) is 0. The Morgan fingerprint density at radius 3 is 2.94 bits per heavy atom. The van der Waals surface area contributed by atoms with Crippen LogP contribution in [0.3, 0.4) is 0 Å². The zero-order valence-corrected chi connectivity index (χ0v) is 11.0. The topological polar surface area (TPSA) is 29.5 Å². The molecule has 2 fully saturated rings. The van der Waals surface area contributed by atoms with Gasteiger partial charge in [0.15, 0.2) is 0 Å². The molecule has 3 nitrogen and oxygen atoms in total. The molecule has 3 heteroatoms. The first-order chi connectivity index (χ1) is 8.31. The summed E-state index contributed by atoms with van der Waals surface area (Å²) in [5.41, 5.74) is 0. The van der Waals surface area contributed by atoms with Crippen LogP contribution >= 0.6 is 0 Å². The average molecular weight is 239 g/mol. The van der Waals surface area contributed by atoms with E-state index in [2.05, 4.69) is 11.8 Å². The minimum atomic E-state index is -0.0222. The van der Waals surface area contributed by atoms with E-state index in [1.807, 2.05) is 0 Å². The zero-order chi connectivity index (χ0) is 12.1. The van der Waals surface area contributed by atoms with Gasteiger partial charge in [-0.3, -0.25) is 9.69 Å².